The highest BCUT2D eigenvalue weighted by Crippen LogP contribution is 2.19. The number of hydrogen-bond acceptors (Lipinski definition) is 1. The van der Waals surface area contributed by atoms with Crippen LogP contribution in [-0.2, 0) is 4.57 Å². The van der Waals surface area contributed by atoms with E-state index in [1.54, 1.807) is 0 Å². The highest BCUT2D eigenvalue weighted by molar-refractivity contribution is 7.61. The summed E-state index contributed by atoms with van der Waals surface area (Å²) in [7, 11) is -1.47. The molecule has 0 radical (unpaired) electrons. The molecule has 0 aliphatic rings. The van der Waals surface area contributed by atoms with Gasteiger partial charge in [-0.3, -0.25) is 0 Å². The lowest BCUT2D eigenvalue weighted by molar-refractivity contribution is 0.598. The van der Waals surface area contributed by atoms with E-state index in [0.29, 0.717) is 0 Å². The fraction of sp³-hybridized carbons (Fsp3) is 0.0667. The molecule has 1 unspecified atom stereocenters. The molecule has 1 atom stereocenters. The van der Waals surface area contributed by atoms with E-state index < -0.39 is 7.80 Å². The van der Waals surface area contributed by atoms with Crippen molar-refractivity contribution in [3.63, 3.8) is 0 Å². The summed E-state index contributed by atoms with van der Waals surface area (Å²) in [6.45, 7) is 1.98. The van der Waals surface area contributed by atoms with Gasteiger partial charge in [0.1, 0.15) is 0 Å². The first-order valence-electron chi connectivity index (χ1n) is 5.56. The second-order valence-corrected chi connectivity index (χ2v) is 5.34. The zero-order chi connectivity index (χ0) is 12.1. The van der Waals surface area contributed by atoms with Gasteiger partial charge in [0.05, 0.1) is 0 Å². The zero-order valence-electron chi connectivity index (χ0n) is 9.71. The minimum atomic E-state index is -1.47. The fourth-order valence-corrected chi connectivity index (χ4v) is 2.79. The van der Waals surface area contributed by atoms with Crippen molar-refractivity contribution >= 4 is 24.5 Å². The molecule has 2 aromatic rings. The third kappa shape index (κ3) is 2.89. The Kier molecular flexibility index (Phi) is 3.85. The van der Waals surface area contributed by atoms with Crippen LogP contribution in [0, 0.1) is 0 Å². The number of rotatable bonds is 3. The van der Waals surface area contributed by atoms with Gasteiger partial charge in [0.15, 0.2) is 10.6 Å². The molecule has 0 N–H and O–H groups in total. The first kappa shape index (κ1) is 11.8. The summed E-state index contributed by atoms with van der Waals surface area (Å²) >= 11 is 0. The largest absolute Gasteiger partial charge is 0.415 e. The van der Waals surface area contributed by atoms with Crippen molar-refractivity contribution in [3.8, 4) is 0 Å². The third-order valence-corrected chi connectivity index (χ3v) is 4.01. The summed E-state index contributed by atoms with van der Waals surface area (Å²) in [6, 6.07) is 17.4. The first-order valence-corrected chi connectivity index (χ1v) is 6.82. The summed E-state index contributed by atoms with van der Waals surface area (Å²) in [4.78, 5) is 0. The Morgan fingerprint density at radius 2 is 1.47 bits per heavy atom. The summed E-state index contributed by atoms with van der Waals surface area (Å²) in [6.07, 6.45) is 4.02. The molecule has 0 saturated heterocycles. The Labute approximate surface area is 103 Å². The van der Waals surface area contributed by atoms with E-state index in [-0.39, 0.29) is 0 Å². The van der Waals surface area contributed by atoms with Gasteiger partial charge < -0.3 is 0 Å². The van der Waals surface area contributed by atoms with Crippen LogP contribution in [0.4, 0.5) is 0 Å². The van der Waals surface area contributed by atoms with Crippen molar-refractivity contribution in [1.82, 2.24) is 0 Å². The lowest BCUT2D eigenvalue weighted by atomic mass is 10.2. The van der Waals surface area contributed by atoms with Crippen LogP contribution in [-0.4, -0.2) is 0 Å². The van der Waals surface area contributed by atoms with Crippen LogP contribution in [0.2, 0.25) is 0 Å². The van der Waals surface area contributed by atoms with Crippen LogP contribution in [0.1, 0.15) is 12.5 Å². The third-order valence-electron chi connectivity index (χ3n) is 2.48. The standard InChI is InChI=1S/C15H14OP/c1-2-6-13-9-11-15(12-10-13)17(16)14-7-4-3-5-8-14/h2-12H,1H3/q+1/b6-2+. The van der Waals surface area contributed by atoms with Crippen molar-refractivity contribution < 1.29 is 4.57 Å². The molecule has 17 heavy (non-hydrogen) atoms. The molecule has 2 rings (SSSR count). The maximum Gasteiger partial charge on any atom is 0.415 e. The molecule has 0 spiro atoms. The molecule has 0 bridgehead atoms. The maximum atomic E-state index is 12.2. The summed E-state index contributed by atoms with van der Waals surface area (Å²) in [5, 5.41) is 1.75. The van der Waals surface area contributed by atoms with Gasteiger partial charge in [-0.05, 0) is 36.8 Å². The van der Waals surface area contributed by atoms with Gasteiger partial charge in [-0.25, -0.2) is 0 Å². The van der Waals surface area contributed by atoms with Crippen LogP contribution in [0.3, 0.4) is 0 Å². The van der Waals surface area contributed by atoms with Crippen LogP contribution < -0.4 is 10.6 Å². The molecule has 1 nitrogen and oxygen atoms in total. The van der Waals surface area contributed by atoms with Gasteiger partial charge in [-0.15, -0.1) is 0 Å². The van der Waals surface area contributed by atoms with Crippen molar-refractivity contribution in [1.29, 1.82) is 0 Å². The van der Waals surface area contributed by atoms with Crippen molar-refractivity contribution in [3.05, 3.63) is 66.2 Å². The molecule has 2 heteroatoms. The zero-order valence-corrected chi connectivity index (χ0v) is 10.6. The molecule has 0 aliphatic heterocycles. The molecule has 0 heterocycles. The van der Waals surface area contributed by atoms with E-state index in [1.807, 2.05) is 73.7 Å². The van der Waals surface area contributed by atoms with E-state index >= 15 is 0 Å². The fourth-order valence-electron chi connectivity index (χ4n) is 1.63. The highest BCUT2D eigenvalue weighted by atomic mass is 31.1. The van der Waals surface area contributed by atoms with Crippen molar-refractivity contribution in [2.45, 2.75) is 6.92 Å². The average molecular weight is 241 g/mol. The molecule has 0 saturated carbocycles. The van der Waals surface area contributed by atoms with Crippen molar-refractivity contribution in [2.75, 3.05) is 0 Å². The van der Waals surface area contributed by atoms with Gasteiger partial charge in [-0.1, -0.05) is 47.0 Å². The Morgan fingerprint density at radius 3 is 2.06 bits per heavy atom. The SMILES string of the molecule is C/C=C/c1ccc([P+](=O)c2ccccc2)cc1. The minimum Gasteiger partial charge on any atom is -0.0871 e. The van der Waals surface area contributed by atoms with E-state index in [9.17, 15) is 4.57 Å². The van der Waals surface area contributed by atoms with Gasteiger partial charge >= 0.3 is 7.80 Å². The molecule has 0 aliphatic carbocycles. The van der Waals surface area contributed by atoms with Gasteiger partial charge in [0.2, 0.25) is 0 Å². The lowest BCUT2D eigenvalue weighted by Gasteiger charge is -1.92. The summed E-state index contributed by atoms with van der Waals surface area (Å²) < 4.78 is 12.2. The molecular formula is C15H14OP+. The molecule has 84 valence electrons. The molecular weight excluding hydrogens is 227 g/mol. The van der Waals surface area contributed by atoms with Gasteiger partial charge in [0, 0.05) is 0 Å². The second kappa shape index (κ2) is 5.56. The number of allylic oxidation sites excluding steroid dienone is 1. The van der Waals surface area contributed by atoms with Gasteiger partial charge in [0.25, 0.3) is 0 Å². The van der Waals surface area contributed by atoms with Crippen LogP contribution in [0.25, 0.3) is 6.08 Å². The van der Waals surface area contributed by atoms with Crippen LogP contribution in [0.5, 0.6) is 0 Å². The van der Waals surface area contributed by atoms with Gasteiger partial charge in [-0.2, -0.15) is 0 Å². The summed E-state index contributed by atoms with van der Waals surface area (Å²) in [5.74, 6) is 0. The van der Waals surface area contributed by atoms with E-state index in [1.165, 1.54) is 0 Å². The topological polar surface area (TPSA) is 17.1 Å². The minimum absolute atomic E-state index is 0.874. The second-order valence-electron chi connectivity index (χ2n) is 3.72. The Balaban J connectivity index is 2.26. The Hall–Kier alpha value is -1.72. The highest BCUT2D eigenvalue weighted by Gasteiger charge is 2.22. The molecule has 0 aromatic heterocycles. The molecule has 2 aromatic carbocycles. The van der Waals surface area contributed by atoms with E-state index in [0.717, 1.165) is 16.2 Å². The van der Waals surface area contributed by atoms with Crippen LogP contribution in [0.15, 0.2) is 60.7 Å². The molecule has 0 amide bonds. The number of hydrogen-bond donors (Lipinski definition) is 0. The van der Waals surface area contributed by atoms with Crippen LogP contribution >= 0.6 is 7.80 Å². The smallest absolute Gasteiger partial charge is 0.0871 e. The average Bonchev–Trinajstić information content (AvgIpc) is 2.40. The monoisotopic (exact) mass is 241 g/mol. The lowest BCUT2D eigenvalue weighted by Crippen LogP contribution is -2.05. The Bertz CT molecular complexity index is 527. The number of benzene rings is 2. The molecule has 0 fully saturated rings. The van der Waals surface area contributed by atoms with Crippen molar-refractivity contribution in [2.24, 2.45) is 0 Å². The maximum absolute atomic E-state index is 12.2. The predicted octanol–water partition coefficient (Wildman–Crippen LogP) is 3.50. The van der Waals surface area contributed by atoms with E-state index in [4.69, 9.17) is 0 Å². The normalized spacial score (nSPS) is 11.7. The Morgan fingerprint density at radius 1 is 0.882 bits per heavy atom. The first-order chi connectivity index (χ1) is 8.31. The van der Waals surface area contributed by atoms with E-state index in [2.05, 4.69) is 0 Å². The summed E-state index contributed by atoms with van der Waals surface area (Å²) in [5.41, 5.74) is 1.13. The quantitative estimate of drug-likeness (QED) is 0.752. The predicted molar refractivity (Wildman–Crippen MR) is 74.5 cm³/mol.